The van der Waals surface area contributed by atoms with Gasteiger partial charge in [-0.05, 0) is 49.2 Å². The van der Waals surface area contributed by atoms with Crippen LogP contribution in [0.1, 0.15) is 34.0 Å². The summed E-state index contributed by atoms with van der Waals surface area (Å²) in [6, 6.07) is 9.85. The van der Waals surface area contributed by atoms with Crippen LogP contribution in [0, 0.1) is 5.82 Å². The SMILES string of the molecule is O=C(NC1CCN(Cc2ccc(CO)o2)CC1)c1cc2c(Nc3ccc(F)c(Cl)c3)ncnc2s1. The Morgan fingerprint density at radius 2 is 2.00 bits per heavy atom. The van der Waals surface area contributed by atoms with Gasteiger partial charge < -0.3 is 20.2 Å². The number of nitrogens with one attached hydrogen (secondary N) is 2. The highest BCUT2D eigenvalue weighted by Crippen LogP contribution is 2.31. The minimum absolute atomic E-state index is 0.0100. The molecule has 0 aliphatic carbocycles. The number of hydrogen-bond donors (Lipinski definition) is 3. The number of thiophene rings is 1. The van der Waals surface area contributed by atoms with Gasteiger partial charge in [0.2, 0.25) is 0 Å². The zero-order valence-corrected chi connectivity index (χ0v) is 20.2. The van der Waals surface area contributed by atoms with Crippen LogP contribution < -0.4 is 10.6 Å². The average molecular weight is 516 g/mol. The Morgan fingerprint density at radius 1 is 1.20 bits per heavy atom. The van der Waals surface area contributed by atoms with E-state index in [1.807, 2.05) is 6.07 Å². The minimum atomic E-state index is -0.498. The Labute approximate surface area is 209 Å². The van der Waals surface area contributed by atoms with Crippen LogP contribution >= 0.6 is 22.9 Å². The Balaban J connectivity index is 1.21. The first-order valence-corrected chi connectivity index (χ1v) is 12.4. The molecule has 5 rings (SSSR count). The lowest BCUT2D eigenvalue weighted by molar-refractivity contribution is 0.0910. The summed E-state index contributed by atoms with van der Waals surface area (Å²) >= 11 is 7.18. The molecule has 1 aliphatic heterocycles. The number of piperidine rings is 1. The summed E-state index contributed by atoms with van der Waals surface area (Å²) in [7, 11) is 0. The second-order valence-electron chi connectivity index (χ2n) is 8.36. The number of aromatic nitrogens is 2. The molecule has 3 aromatic heterocycles. The fourth-order valence-electron chi connectivity index (χ4n) is 4.08. The third-order valence-corrected chi connectivity index (χ3v) is 7.24. The normalized spacial score (nSPS) is 14.9. The first-order valence-electron chi connectivity index (χ1n) is 11.2. The first-order chi connectivity index (χ1) is 17.0. The maximum Gasteiger partial charge on any atom is 0.261 e. The fourth-order valence-corrected chi connectivity index (χ4v) is 5.16. The summed E-state index contributed by atoms with van der Waals surface area (Å²) < 4.78 is 19.0. The summed E-state index contributed by atoms with van der Waals surface area (Å²) in [5.74, 6) is 1.27. The van der Waals surface area contributed by atoms with E-state index in [9.17, 15) is 9.18 Å². The van der Waals surface area contributed by atoms with Crippen LogP contribution in [0.4, 0.5) is 15.9 Å². The summed E-state index contributed by atoms with van der Waals surface area (Å²) in [5, 5.41) is 16.1. The third-order valence-electron chi connectivity index (χ3n) is 5.91. The van der Waals surface area contributed by atoms with Gasteiger partial charge in [0.05, 0.1) is 21.8 Å². The number of amides is 1. The van der Waals surface area contributed by atoms with Crippen molar-refractivity contribution >= 4 is 50.6 Å². The summed E-state index contributed by atoms with van der Waals surface area (Å²) in [5.41, 5.74) is 0.586. The van der Waals surface area contributed by atoms with Gasteiger partial charge in [0.1, 0.15) is 40.9 Å². The number of anilines is 2. The van der Waals surface area contributed by atoms with E-state index in [1.165, 1.54) is 29.8 Å². The predicted octanol–water partition coefficient (Wildman–Crippen LogP) is 4.71. The molecule has 0 unspecified atom stereocenters. The zero-order valence-electron chi connectivity index (χ0n) is 18.6. The van der Waals surface area contributed by atoms with E-state index in [4.69, 9.17) is 21.1 Å². The van der Waals surface area contributed by atoms with Crippen LogP contribution in [0.5, 0.6) is 0 Å². The largest absolute Gasteiger partial charge is 0.462 e. The van der Waals surface area contributed by atoms with Gasteiger partial charge in [-0.15, -0.1) is 11.3 Å². The van der Waals surface area contributed by atoms with Gasteiger partial charge >= 0.3 is 0 Å². The third kappa shape index (κ3) is 5.46. The molecule has 4 aromatic rings. The molecular weight excluding hydrogens is 493 g/mol. The molecule has 3 N–H and O–H groups in total. The van der Waals surface area contributed by atoms with Gasteiger partial charge in [0.15, 0.2) is 0 Å². The predicted molar refractivity (Wildman–Crippen MR) is 133 cm³/mol. The summed E-state index contributed by atoms with van der Waals surface area (Å²) in [6.07, 6.45) is 3.09. The molecule has 4 heterocycles. The van der Waals surface area contributed by atoms with Gasteiger partial charge in [-0.3, -0.25) is 9.69 Å². The molecule has 0 saturated carbocycles. The summed E-state index contributed by atoms with van der Waals surface area (Å²) in [4.78, 5) is 25.0. The number of nitrogens with zero attached hydrogens (tertiary/aromatic N) is 3. The monoisotopic (exact) mass is 515 g/mol. The van der Waals surface area contributed by atoms with E-state index in [-0.39, 0.29) is 23.6 Å². The van der Waals surface area contributed by atoms with Crippen LogP contribution in [-0.2, 0) is 13.2 Å². The van der Waals surface area contributed by atoms with Crippen LogP contribution in [-0.4, -0.2) is 45.0 Å². The number of carbonyl (C=O) groups is 1. The second kappa shape index (κ2) is 10.3. The Bertz CT molecular complexity index is 1350. The van der Waals surface area contributed by atoms with Crippen LogP contribution in [0.2, 0.25) is 5.02 Å². The van der Waals surface area contributed by atoms with E-state index in [1.54, 1.807) is 18.2 Å². The molecule has 1 amide bonds. The molecular formula is C24H23ClFN5O3S. The number of aliphatic hydroxyl groups is 1. The highest BCUT2D eigenvalue weighted by Gasteiger charge is 2.23. The Hall–Kier alpha value is -3.05. The van der Waals surface area contributed by atoms with Gasteiger partial charge in [-0.25, -0.2) is 14.4 Å². The lowest BCUT2D eigenvalue weighted by Crippen LogP contribution is -2.44. The number of aliphatic hydroxyl groups excluding tert-OH is 1. The van der Waals surface area contributed by atoms with Crippen molar-refractivity contribution in [2.75, 3.05) is 18.4 Å². The molecule has 1 saturated heterocycles. The molecule has 0 atom stereocenters. The lowest BCUT2D eigenvalue weighted by Gasteiger charge is -2.31. The van der Waals surface area contributed by atoms with Crippen LogP contribution in [0.25, 0.3) is 10.2 Å². The zero-order chi connectivity index (χ0) is 24.4. The van der Waals surface area contributed by atoms with Gasteiger partial charge in [0.25, 0.3) is 5.91 Å². The van der Waals surface area contributed by atoms with E-state index in [0.29, 0.717) is 38.9 Å². The van der Waals surface area contributed by atoms with Gasteiger partial charge in [-0.1, -0.05) is 11.6 Å². The van der Waals surface area contributed by atoms with E-state index >= 15 is 0 Å². The highest BCUT2D eigenvalue weighted by atomic mass is 35.5. The number of benzene rings is 1. The van der Waals surface area contributed by atoms with Crippen molar-refractivity contribution in [3.05, 3.63) is 70.0 Å². The molecule has 35 heavy (non-hydrogen) atoms. The van der Waals surface area contributed by atoms with Crippen LogP contribution in [0.3, 0.4) is 0 Å². The van der Waals surface area contributed by atoms with E-state index in [2.05, 4.69) is 25.5 Å². The first kappa shape index (κ1) is 23.7. The topological polar surface area (TPSA) is 104 Å². The molecule has 8 nitrogen and oxygen atoms in total. The molecule has 0 bridgehead atoms. The van der Waals surface area contributed by atoms with Crippen molar-refractivity contribution < 1.29 is 18.7 Å². The number of rotatable bonds is 7. The van der Waals surface area contributed by atoms with Crippen molar-refractivity contribution in [2.45, 2.75) is 32.0 Å². The van der Waals surface area contributed by atoms with Crippen molar-refractivity contribution in [1.29, 1.82) is 0 Å². The number of furan rings is 1. The minimum Gasteiger partial charge on any atom is -0.462 e. The molecule has 11 heteroatoms. The Kier molecular flexibility index (Phi) is 6.96. The van der Waals surface area contributed by atoms with Crippen molar-refractivity contribution in [3.63, 3.8) is 0 Å². The average Bonchev–Trinajstić information content (AvgIpc) is 3.50. The number of hydrogen-bond acceptors (Lipinski definition) is 8. The highest BCUT2D eigenvalue weighted by molar-refractivity contribution is 7.20. The molecule has 1 aliphatic rings. The van der Waals surface area contributed by atoms with Crippen LogP contribution in [0.15, 0.2) is 47.1 Å². The fraction of sp³-hybridized carbons (Fsp3) is 0.292. The summed E-state index contributed by atoms with van der Waals surface area (Å²) in [6.45, 7) is 2.26. The second-order valence-corrected chi connectivity index (χ2v) is 9.79. The van der Waals surface area contributed by atoms with E-state index < -0.39 is 5.82 Å². The smallest absolute Gasteiger partial charge is 0.261 e. The van der Waals surface area contributed by atoms with Gasteiger partial charge in [-0.2, -0.15) is 0 Å². The van der Waals surface area contributed by atoms with E-state index in [0.717, 1.165) is 31.7 Å². The Morgan fingerprint density at radius 3 is 2.74 bits per heavy atom. The molecule has 1 aromatic carbocycles. The van der Waals surface area contributed by atoms with Crippen molar-refractivity contribution in [2.24, 2.45) is 0 Å². The standard InChI is InChI=1S/C24H23ClFN5O3S/c25-19-9-15(1-4-20(19)26)29-22-18-10-21(35-24(18)28-13-27-22)23(33)30-14-5-7-31(8-6-14)11-16-2-3-17(12-32)34-16/h1-4,9-10,13-14,32H,5-8,11-12H2,(H,30,33)(H,27,28,29). The number of halogens is 2. The molecule has 0 radical (unpaired) electrons. The lowest BCUT2D eigenvalue weighted by atomic mass is 10.0. The van der Waals surface area contributed by atoms with Crippen molar-refractivity contribution in [3.8, 4) is 0 Å². The number of fused-ring (bicyclic) bond motifs is 1. The van der Waals surface area contributed by atoms with Crippen molar-refractivity contribution in [1.82, 2.24) is 20.2 Å². The molecule has 0 spiro atoms. The van der Waals surface area contributed by atoms with Gasteiger partial charge in [0, 0.05) is 24.8 Å². The maximum atomic E-state index is 13.5. The number of likely N-dealkylation sites (tertiary alicyclic amines) is 1. The molecule has 182 valence electrons. The molecule has 1 fully saturated rings. The number of carbonyl (C=O) groups excluding carboxylic acids is 1. The quantitative estimate of drug-likeness (QED) is 0.327. The maximum absolute atomic E-state index is 13.5.